The first-order chi connectivity index (χ1) is 8.19. The second kappa shape index (κ2) is 6.93. The van der Waals surface area contributed by atoms with E-state index in [4.69, 9.17) is 10.00 Å². The van der Waals surface area contributed by atoms with E-state index in [-0.39, 0.29) is 0 Å². The van der Waals surface area contributed by atoms with E-state index >= 15 is 0 Å². The lowest BCUT2D eigenvalue weighted by Gasteiger charge is -2.24. The smallest absolute Gasteiger partial charge is 0.137 e. The van der Waals surface area contributed by atoms with Gasteiger partial charge in [0.25, 0.3) is 0 Å². The summed E-state index contributed by atoms with van der Waals surface area (Å²) in [5.41, 5.74) is 0.597. The van der Waals surface area contributed by atoms with Crippen molar-refractivity contribution in [1.82, 2.24) is 4.90 Å². The highest BCUT2D eigenvalue weighted by atomic mass is 16.5. The summed E-state index contributed by atoms with van der Waals surface area (Å²) < 4.78 is 5.65. The maximum absolute atomic E-state index is 8.92. The number of benzene rings is 1. The van der Waals surface area contributed by atoms with E-state index in [0.717, 1.165) is 13.1 Å². The van der Waals surface area contributed by atoms with Crippen LogP contribution in [-0.2, 0) is 0 Å². The molecule has 0 aliphatic heterocycles. The molecular formula is C14H20N2O. The normalized spacial score (nSPS) is 10.6. The molecule has 0 heterocycles. The number of nitrogens with zero attached hydrogens (tertiary/aromatic N) is 2. The van der Waals surface area contributed by atoms with Crippen LogP contribution >= 0.6 is 0 Å². The van der Waals surface area contributed by atoms with Gasteiger partial charge in [0.05, 0.1) is 5.56 Å². The van der Waals surface area contributed by atoms with Gasteiger partial charge in [0.15, 0.2) is 0 Å². The second-order valence-electron chi connectivity index (χ2n) is 4.18. The van der Waals surface area contributed by atoms with E-state index in [2.05, 4.69) is 31.7 Å². The van der Waals surface area contributed by atoms with Gasteiger partial charge < -0.3 is 4.74 Å². The van der Waals surface area contributed by atoms with E-state index in [9.17, 15) is 0 Å². The molecule has 0 aliphatic rings. The van der Waals surface area contributed by atoms with E-state index in [1.54, 1.807) is 6.07 Å². The molecule has 0 N–H and O–H groups in total. The van der Waals surface area contributed by atoms with E-state index in [1.807, 2.05) is 18.2 Å². The fraction of sp³-hybridized carbons (Fsp3) is 0.500. The molecular weight excluding hydrogens is 212 g/mol. The highest BCUT2D eigenvalue weighted by molar-refractivity contribution is 5.42. The minimum absolute atomic E-state index is 0.523. The predicted octanol–water partition coefficient (Wildman–Crippen LogP) is 2.67. The predicted molar refractivity (Wildman–Crippen MR) is 69.0 cm³/mol. The Morgan fingerprint density at radius 2 is 2.06 bits per heavy atom. The van der Waals surface area contributed by atoms with Crippen LogP contribution in [0.1, 0.15) is 26.3 Å². The standard InChI is InChI=1S/C14H20N2O/c1-4-16(12(2)3)9-10-17-14-8-6-5-7-13(14)11-15/h5-8,12H,4,9-10H2,1-3H3. The molecule has 0 amide bonds. The van der Waals surface area contributed by atoms with Crippen LogP contribution < -0.4 is 4.74 Å². The Balaban J connectivity index is 2.48. The average molecular weight is 232 g/mol. The van der Waals surface area contributed by atoms with Crippen molar-refractivity contribution in [3.05, 3.63) is 29.8 Å². The second-order valence-corrected chi connectivity index (χ2v) is 4.18. The van der Waals surface area contributed by atoms with Crippen molar-refractivity contribution < 1.29 is 4.74 Å². The molecule has 0 radical (unpaired) electrons. The first-order valence-corrected chi connectivity index (χ1v) is 6.05. The molecule has 3 heteroatoms. The highest BCUT2D eigenvalue weighted by Crippen LogP contribution is 2.16. The fourth-order valence-corrected chi connectivity index (χ4v) is 1.74. The quantitative estimate of drug-likeness (QED) is 0.756. The first-order valence-electron chi connectivity index (χ1n) is 6.05. The van der Waals surface area contributed by atoms with Crippen molar-refractivity contribution >= 4 is 0 Å². The number of ether oxygens (including phenoxy) is 1. The number of nitriles is 1. The summed E-state index contributed by atoms with van der Waals surface area (Å²) in [6.45, 7) is 9.00. The van der Waals surface area contributed by atoms with E-state index < -0.39 is 0 Å². The Kier molecular flexibility index (Phi) is 5.51. The van der Waals surface area contributed by atoms with Gasteiger partial charge in [-0.15, -0.1) is 0 Å². The summed E-state index contributed by atoms with van der Waals surface area (Å²) >= 11 is 0. The largest absolute Gasteiger partial charge is 0.491 e. The number of hydrogen-bond donors (Lipinski definition) is 0. The Labute approximate surface area is 104 Å². The Morgan fingerprint density at radius 3 is 2.65 bits per heavy atom. The molecule has 0 fully saturated rings. The molecule has 0 unspecified atom stereocenters. The van der Waals surface area contributed by atoms with Crippen LogP contribution in [0.2, 0.25) is 0 Å². The zero-order valence-electron chi connectivity index (χ0n) is 10.8. The van der Waals surface area contributed by atoms with Crippen molar-refractivity contribution in [2.24, 2.45) is 0 Å². The maximum atomic E-state index is 8.92. The van der Waals surface area contributed by atoms with Crippen molar-refractivity contribution in [2.75, 3.05) is 19.7 Å². The molecule has 1 aromatic carbocycles. The minimum atomic E-state index is 0.523. The van der Waals surface area contributed by atoms with Crippen molar-refractivity contribution in [3.8, 4) is 11.8 Å². The lowest BCUT2D eigenvalue weighted by molar-refractivity contribution is 0.183. The van der Waals surface area contributed by atoms with Gasteiger partial charge in [-0.05, 0) is 32.5 Å². The summed E-state index contributed by atoms with van der Waals surface area (Å²) in [6, 6.07) is 10.00. The number of hydrogen-bond acceptors (Lipinski definition) is 3. The van der Waals surface area contributed by atoms with Crippen LogP contribution in [-0.4, -0.2) is 30.6 Å². The summed E-state index contributed by atoms with van der Waals surface area (Å²) in [4.78, 5) is 2.33. The van der Waals surface area contributed by atoms with Gasteiger partial charge in [-0.1, -0.05) is 19.1 Å². The SMILES string of the molecule is CCN(CCOc1ccccc1C#N)C(C)C. The summed E-state index contributed by atoms with van der Waals surface area (Å²) in [5, 5.41) is 8.92. The molecule has 0 aliphatic carbocycles. The number of likely N-dealkylation sites (N-methyl/N-ethyl adjacent to an activating group) is 1. The molecule has 17 heavy (non-hydrogen) atoms. The van der Waals surface area contributed by atoms with Gasteiger partial charge in [0.1, 0.15) is 18.4 Å². The van der Waals surface area contributed by atoms with E-state index in [0.29, 0.717) is 24.0 Å². The number of rotatable bonds is 6. The summed E-state index contributed by atoms with van der Waals surface area (Å²) in [6.07, 6.45) is 0. The lowest BCUT2D eigenvalue weighted by Crippen LogP contribution is -2.34. The van der Waals surface area contributed by atoms with Crippen molar-refractivity contribution in [1.29, 1.82) is 5.26 Å². The monoisotopic (exact) mass is 232 g/mol. The molecule has 0 atom stereocenters. The van der Waals surface area contributed by atoms with Crippen LogP contribution in [0.4, 0.5) is 0 Å². The van der Waals surface area contributed by atoms with Crippen LogP contribution in [0.3, 0.4) is 0 Å². The van der Waals surface area contributed by atoms with Crippen molar-refractivity contribution in [3.63, 3.8) is 0 Å². The third kappa shape index (κ3) is 4.08. The molecule has 3 nitrogen and oxygen atoms in total. The Morgan fingerprint density at radius 1 is 1.35 bits per heavy atom. The molecule has 1 aromatic rings. The minimum Gasteiger partial charge on any atom is -0.491 e. The van der Waals surface area contributed by atoms with Gasteiger partial charge in [-0.25, -0.2) is 0 Å². The van der Waals surface area contributed by atoms with Gasteiger partial charge in [0.2, 0.25) is 0 Å². The maximum Gasteiger partial charge on any atom is 0.137 e. The van der Waals surface area contributed by atoms with Gasteiger partial charge >= 0.3 is 0 Å². The molecule has 1 rings (SSSR count). The fourth-order valence-electron chi connectivity index (χ4n) is 1.74. The summed E-state index contributed by atoms with van der Waals surface area (Å²) in [7, 11) is 0. The Bertz CT molecular complexity index is 382. The van der Waals surface area contributed by atoms with Gasteiger partial charge in [-0.3, -0.25) is 4.90 Å². The van der Waals surface area contributed by atoms with Gasteiger partial charge in [0, 0.05) is 12.6 Å². The molecule has 0 saturated heterocycles. The molecule has 0 aromatic heterocycles. The van der Waals surface area contributed by atoms with Crippen LogP contribution in [0.15, 0.2) is 24.3 Å². The topological polar surface area (TPSA) is 36.3 Å². The van der Waals surface area contributed by atoms with Crippen molar-refractivity contribution in [2.45, 2.75) is 26.8 Å². The van der Waals surface area contributed by atoms with E-state index in [1.165, 1.54) is 0 Å². The lowest BCUT2D eigenvalue weighted by atomic mass is 10.2. The third-order valence-electron chi connectivity index (χ3n) is 2.78. The molecule has 0 spiro atoms. The Hall–Kier alpha value is -1.53. The number of para-hydroxylation sites is 1. The first kappa shape index (κ1) is 13.5. The van der Waals surface area contributed by atoms with Crippen LogP contribution in [0, 0.1) is 11.3 Å². The van der Waals surface area contributed by atoms with Crippen LogP contribution in [0.5, 0.6) is 5.75 Å². The molecule has 0 bridgehead atoms. The summed E-state index contributed by atoms with van der Waals surface area (Å²) in [5.74, 6) is 0.676. The average Bonchev–Trinajstić information content (AvgIpc) is 2.34. The molecule has 0 saturated carbocycles. The zero-order chi connectivity index (χ0) is 12.7. The third-order valence-corrected chi connectivity index (χ3v) is 2.78. The van der Waals surface area contributed by atoms with Crippen LogP contribution in [0.25, 0.3) is 0 Å². The highest BCUT2D eigenvalue weighted by Gasteiger charge is 2.07. The zero-order valence-corrected chi connectivity index (χ0v) is 10.8. The molecule has 92 valence electrons. The van der Waals surface area contributed by atoms with Gasteiger partial charge in [-0.2, -0.15) is 5.26 Å².